The lowest BCUT2D eigenvalue weighted by atomic mass is 9.69. The van der Waals surface area contributed by atoms with Gasteiger partial charge in [-0.1, -0.05) is 152 Å². The first-order chi connectivity index (χ1) is 29.3. The topological polar surface area (TPSA) is 51.6 Å². The fourth-order valence-electron chi connectivity index (χ4n) is 9.69. The summed E-state index contributed by atoms with van der Waals surface area (Å²) in [5, 5.41) is 1.19. The molecule has 0 fully saturated rings. The second-order valence-electron chi connectivity index (χ2n) is 15.3. The first-order valence-corrected chi connectivity index (χ1v) is 20.0. The number of nitrogens with zero attached hydrogens (tertiary/aromatic N) is 4. The number of hydrogen-bond donors (Lipinski definition) is 0. The smallest absolute Gasteiger partial charge is 0.0900 e. The van der Waals surface area contributed by atoms with E-state index in [9.17, 15) is 0 Å². The average molecular weight is 751 g/mol. The predicted octanol–water partition coefficient (Wildman–Crippen LogP) is 13.1. The summed E-state index contributed by atoms with van der Waals surface area (Å²) in [5.74, 6) is 0. The maximum Gasteiger partial charge on any atom is 0.0900 e. The van der Waals surface area contributed by atoms with Crippen LogP contribution in [0.4, 0.5) is 0 Å². The van der Waals surface area contributed by atoms with Crippen LogP contribution in [0.3, 0.4) is 0 Å². The van der Waals surface area contributed by atoms with E-state index in [4.69, 9.17) is 9.97 Å². The summed E-state index contributed by atoms with van der Waals surface area (Å²) in [7, 11) is 0. The van der Waals surface area contributed by atoms with Gasteiger partial charge in [0, 0.05) is 28.9 Å². The van der Waals surface area contributed by atoms with Crippen molar-refractivity contribution in [1.82, 2.24) is 19.9 Å². The van der Waals surface area contributed by atoms with E-state index in [0.29, 0.717) is 0 Å². The highest BCUT2D eigenvalue weighted by molar-refractivity contribution is 6.06. The molecular weight excluding hydrogens is 717 g/mol. The lowest BCUT2D eigenvalue weighted by Crippen LogP contribution is -2.26. The summed E-state index contributed by atoms with van der Waals surface area (Å²) in [6.07, 6.45) is 3.60. The Morgan fingerprint density at radius 1 is 0.339 bits per heavy atom. The molecule has 0 saturated heterocycles. The van der Waals surface area contributed by atoms with Crippen molar-refractivity contribution in [1.29, 1.82) is 0 Å². The van der Waals surface area contributed by atoms with E-state index >= 15 is 0 Å². The van der Waals surface area contributed by atoms with Gasteiger partial charge >= 0.3 is 0 Å². The highest BCUT2D eigenvalue weighted by atomic mass is 14.8. The molecule has 4 aromatic heterocycles. The number of pyridine rings is 4. The number of para-hydroxylation sites is 1. The van der Waals surface area contributed by atoms with Crippen LogP contribution in [-0.2, 0) is 5.41 Å². The molecule has 4 heteroatoms. The largest absolute Gasteiger partial charge is 0.255 e. The van der Waals surface area contributed by atoms with Crippen molar-refractivity contribution in [3.8, 4) is 78.5 Å². The Labute approximate surface area is 342 Å². The summed E-state index contributed by atoms with van der Waals surface area (Å²) in [5.41, 5.74) is 20.8. The van der Waals surface area contributed by atoms with Crippen molar-refractivity contribution in [2.75, 3.05) is 0 Å². The molecule has 10 aromatic rings. The molecule has 12 rings (SSSR count). The van der Waals surface area contributed by atoms with Crippen LogP contribution in [0.5, 0.6) is 0 Å². The lowest BCUT2D eigenvalue weighted by molar-refractivity contribution is 0.801. The van der Waals surface area contributed by atoms with Crippen molar-refractivity contribution in [2.24, 2.45) is 0 Å². The molecule has 0 aliphatic heterocycles. The molecule has 0 bridgehead atoms. The molecule has 2 aliphatic rings. The van der Waals surface area contributed by atoms with Gasteiger partial charge in [0.1, 0.15) is 0 Å². The molecule has 2 aliphatic carbocycles. The second kappa shape index (κ2) is 13.1. The zero-order valence-corrected chi connectivity index (χ0v) is 31.9. The molecule has 0 amide bonds. The third-order valence-electron chi connectivity index (χ3n) is 12.2. The first kappa shape index (κ1) is 33.3. The van der Waals surface area contributed by atoms with Crippen LogP contribution in [0.2, 0.25) is 0 Å². The molecule has 0 N–H and O–H groups in total. The Morgan fingerprint density at radius 2 is 0.797 bits per heavy atom. The molecule has 6 aromatic carbocycles. The molecule has 0 unspecified atom stereocenters. The molecule has 4 nitrogen and oxygen atoms in total. The van der Waals surface area contributed by atoms with E-state index in [2.05, 4.69) is 168 Å². The van der Waals surface area contributed by atoms with Crippen LogP contribution in [0, 0.1) is 0 Å². The van der Waals surface area contributed by atoms with Gasteiger partial charge in [0.2, 0.25) is 0 Å². The Bertz CT molecular complexity index is 3140. The Balaban J connectivity index is 0.969. The van der Waals surface area contributed by atoms with Crippen LogP contribution < -0.4 is 0 Å². The number of aromatic nitrogens is 4. The standard InChI is InChI=1S/C55H34N4/c1-5-17-44-40(13-1)41-14-2-6-18-45(41)55(44)46-19-7-3-15-42(46)52-53(55)43-16-4-8-20-47(43)59-54(52)38-29-27-36(28-30-38)35-23-25-37(26-24-35)39-33-50(48-21-9-11-31-56-48)58-51(34-39)49-22-10-12-32-57-49/h1-34H. The zero-order chi connectivity index (χ0) is 38.9. The van der Waals surface area contributed by atoms with Crippen molar-refractivity contribution < 1.29 is 0 Å². The molecule has 1 spiro atoms. The third kappa shape index (κ3) is 5.03. The minimum atomic E-state index is -0.455. The lowest BCUT2D eigenvalue weighted by Gasteiger charge is -2.31. The fraction of sp³-hybridized carbons (Fsp3) is 0.0182. The van der Waals surface area contributed by atoms with Crippen molar-refractivity contribution in [3.05, 3.63) is 229 Å². The van der Waals surface area contributed by atoms with Gasteiger partial charge in [-0.2, -0.15) is 0 Å². The molecule has 4 heterocycles. The van der Waals surface area contributed by atoms with Gasteiger partial charge in [-0.15, -0.1) is 0 Å². The molecular formula is C55H34N4. The molecule has 0 saturated carbocycles. The average Bonchev–Trinajstić information content (AvgIpc) is 3.80. The van der Waals surface area contributed by atoms with Gasteiger partial charge in [0.05, 0.1) is 39.4 Å². The van der Waals surface area contributed by atoms with Crippen LogP contribution in [0.25, 0.3) is 89.4 Å². The van der Waals surface area contributed by atoms with E-state index in [1.165, 1.54) is 49.9 Å². The highest BCUT2D eigenvalue weighted by Crippen LogP contribution is 2.65. The second-order valence-corrected chi connectivity index (χ2v) is 15.3. The van der Waals surface area contributed by atoms with Crippen LogP contribution in [0.1, 0.15) is 22.3 Å². The number of rotatable bonds is 5. The molecule has 0 radical (unpaired) electrons. The first-order valence-electron chi connectivity index (χ1n) is 20.0. The van der Waals surface area contributed by atoms with Crippen molar-refractivity contribution in [2.45, 2.75) is 5.41 Å². The van der Waals surface area contributed by atoms with Gasteiger partial charge in [-0.05, 0) is 104 Å². The Hall–Kier alpha value is -7.82. The SMILES string of the molecule is c1ccc(-c2cc(-c3ccc(-c4ccc(-c5nc6ccccc6c6c5-c5ccccc5C65c6ccccc6-c6ccccc65)cc4)cc3)cc(-c3ccccn3)n2)nc1. The van der Waals surface area contributed by atoms with Gasteiger partial charge in [0.25, 0.3) is 0 Å². The van der Waals surface area contributed by atoms with Crippen LogP contribution in [-0.4, -0.2) is 19.9 Å². The van der Waals surface area contributed by atoms with E-state index in [1.807, 2.05) is 36.4 Å². The van der Waals surface area contributed by atoms with Gasteiger partial charge in [0.15, 0.2) is 0 Å². The highest BCUT2D eigenvalue weighted by Gasteiger charge is 2.53. The zero-order valence-electron chi connectivity index (χ0n) is 31.9. The monoisotopic (exact) mass is 750 g/mol. The van der Waals surface area contributed by atoms with Gasteiger partial charge in [-0.3, -0.25) is 9.97 Å². The van der Waals surface area contributed by atoms with E-state index < -0.39 is 5.41 Å². The Morgan fingerprint density at radius 3 is 1.36 bits per heavy atom. The van der Waals surface area contributed by atoms with E-state index in [0.717, 1.165) is 61.8 Å². The third-order valence-corrected chi connectivity index (χ3v) is 12.2. The fourth-order valence-corrected chi connectivity index (χ4v) is 9.69. The summed E-state index contributed by atoms with van der Waals surface area (Å²) in [6.45, 7) is 0. The number of hydrogen-bond acceptors (Lipinski definition) is 4. The molecule has 0 atom stereocenters. The van der Waals surface area contributed by atoms with Gasteiger partial charge in [-0.25, -0.2) is 9.97 Å². The maximum atomic E-state index is 5.47. The summed E-state index contributed by atoms with van der Waals surface area (Å²) >= 11 is 0. The van der Waals surface area contributed by atoms with Crippen LogP contribution in [0.15, 0.2) is 207 Å². The predicted molar refractivity (Wildman–Crippen MR) is 239 cm³/mol. The normalized spacial score (nSPS) is 12.9. The van der Waals surface area contributed by atoms with Crippen LogP contribution >= 0.6 is 0 Å². The summed E-state index contributed by atoms with van der Waals surface area (Å²) in [6, 6.07) is 69.4. The quantitative estimate of drug-likeness (QED) is 0.176. The minimum absolute atomic E-state index is 0.455. The molecule has 274 valence electrons. The van der Waals surface area contributed by atoms with Crippen molar-refractivity contribution >= 4 is 10.9 Å². The van der Waals surface area contributed by atoms with Gasteiger partial charge < -0.3 is 0 Å². The molecule has 59 heavy (non-hydrogen) atoms. The number of benzene rings is 6. The van der Waals surface area contributed by atoms with Crippen molar-refractivity contribution in [3.63, 3.8) is 0 Å². The Kier molecular flexibility index (Phi) is 7.41. The number of fused-ring (bicyclic) bond motifs is 12. The van der Waals surface area contributed by atoms with E-state index in [1.54, 1.807) is 12.4 Å². The minimum Gasteiger partial charge on any atom is -0.255 e. The van der Waals surface area contributed by atoms with E-state index in [-0.39, 0.29) is 0 Å². The maximum absolute atomic E-state index is 5.47. The summed E-state index contributed by atoms with van der Waals surface area (Å²) < 4.78 is 0. The summed E-state index contributed by atoms with van der Waals surface area (Å²) in [4.78, 5) is 19.6.